The van der Waals surface area contributed by atoms with Crippen molar-refractivity contribution in [1.82, 2.24) is 15.6 Å². The number of aromatic nitrogens is 1. The molecule has 0 aliphatic rings. The molecule has 0 aliphatic heterocycles. The van der Waals surface area contributed by atoms with Gasteiger partial charge in [0, 0.05) is 21.7 Å². The van der Waals surface area contributed by atoms with Gasteiger partial charge >= 0.3 is 0 Å². The molecular formula is C14H21IN4S2. The standard InChI is InChI=1S/C14H20N4S2.HI/c1-4-11-5-6-12(20-11)7-16-14(15-3)17-8-13-10(2)18-9-19-13;/h5-6,9H,4,7-8H2,1-3H3,(H2,15,16,17);1H. The van der Waals surface area contributed by atoms with Crippen molar-refractivity contribution >= 4 is 52.6 Å². The Kier molecular flexibility index (Phi) is 8.20. The fourth-order valence-corrected chi connectivity index (χ4v) is 3.37. The maximum atomic E-state index is 4.25. The maximum Gasteiger partial charge on any atom is 0.191 e. The molecule has 7 heteroatoms. The molecular weight excluding hydrogens is 415 g/mol. The average molecular weight is 436 g/mol. The van der Waals surface area contributed by atoms with Crippen LogP contribution in [0.15, 0.2) is 22.6 Å². The van der Waals surface area contributed by atoms with Crippen molar-refractivity contribution in [3.05, 3.63) is 38.0 Å². The van der Waals surface area contributed by atoms with Crippen molar-refractivity contribution in [1.29, 1.82) is 0 Å². The molecule has 2 N–H and O–H groups in total. The summed E-state index contributed by atoms with van der Waals surface area (Å²) in [6, 6.07) is 4.37. The Morgan fingerprint density at radius 1 is 1.24 bits per heavy atom. The van der Waals surface area contributed by atoms with Gasteiger partial charge in [-0.25, -0.2) is 4.98 Å². The van der Waals surface area contributed by atoms with Crippen molar-refractivity contribution in [2.24, 2.45) is 4.99 Å². The van der Waals surface area contributed by atoms with Crippen LogP contribution < -0.4 is 10.6 Å². The Labute approximate surface area is 151 Å². The largest absolute Gasteiger partial charge is 0.352 e. The monoisotopic (exact) mass is 436 g/mol. The van der Waals surface area contributed by atoms with E-state index >= 15 is 0 Å². The zero-order valence-corrected chi connectivity index (χ0v) is 16.4. The fourth-order valence-electron chi connectivity index (χ4n) is 1.76. The first-order valence-electron chi connectivity index (χ1n) is 6.64. The van der Waals surface area contributed by atoms with E-state index in [0.29, 0.717) is 0 Å². The van der Waals surface area contributed by atoms with Crippen molar-refractivity contribution in [2.45, 2.75) is 33.4 Å². The molecule has 21 heavy (non-hydrogen) atoms. The highest BCUT2D eigenvalue weighted by Gasteiger charge is 2.04. The first-order valence-corrected chi connectivity index (χ1v) is 8.33. The quantitative estimate of drug-likeness (QED) is 0.428. The summed E-state index contributed by atoms with van der Waals surface area (Å²) in [6.45, 7) is 5.79. The number of guanidine groups is 1. The normalized spacial score (nSPS) is 11.1. The number of hydrogen-bond donors (Lipinski definition) is 2. The van der Waals surface area contributed by atoms with Crippen LogP contribution in [0.5, 0.6) is 0 Å². The molecule has 0 atom stereocenters. The zero-order chi connectivity index (χ0) is 14.4. The van der Waals surface area contributed by atoms with Gasteiger partial charge in [-0.15, -0.1) is 46.7 Å². The van der Waals surface area contributed by atoms with Gasteiger partial charge in [0.05, 0.1) is 24.3 Å². The predicted molar refractivity (Wildman–Crippen MR) is 103 cm³/mol. The molecule has 2 aromatic rings. The highest BCUT2D eigenvalue weighted by molar-refractivity contribution is 14.0. The van der Waals surface area contributed by atoms with Crippen molar-refractivity contribution < 1.29 is 0 Å². The van der Waals surface area contributed by atoms with Crippen molar-refractivity contribution in [3.8, 4) is 0 Å². The summed E-state index contributed by atoms with van der Waals surface area (Å²) in [6.07, 6.45) is 1.10. The highest BCUT2D eigenvalue weighted by Crippen LogP contribution is 2.16. The number of nitrogens with one attached hydrogen (secondary N) is 2. The number of aryl methyl sites for hydroxylation is 2. The first-order chi connectivity index (χ1) is 9.72. The number of halogens is 1. The Hall–Kier alpha value is -0.670. The van der Waals surface area contributed by atoms with Crippen molar-refractivity contribution in [3.63, 3.8) is 0 Å². The Bertz CT molecular complexity index is 577. The Balaban J connectivity index is 0.00000220. The van der Waals surface area contributed by atoms with E-state index in [1.165, 1.54) is 14.6 Å². The second-order valence-corrected chi connectivity index (χ2v) is 6.55. The summed E-state index contributed by atoms with van der Waals surface area (Å²) < 4.78 is 0. The summed E-state index contributed by atoms with van der Waals surface area (Å²) >= 11 is 3.52. The molecule has 0 aliphatic carbocycles. The third-order valence-electron chi connectivity index (χ3n) is 2.98. The number of aliphatic imine (C=N–C) groups is 1. The van der Waals surface area contributed by atoms with Gasteiger partial charge in [-0.1, -0.05) is 6.92 Å². The van der Waals surface area contributed by atoms with Crippen LogP contribution >= 0.6 is 46.7 Å². The third-order valence-corrected chi connectivity index (χ3v) is 5.15. The van der Waals surface area contributed by atoms with Crippen LogP contribution in [-0.4, -0.2) is 18.0 Å². The van der Waals surface area contributed by atoms with Crippen LogP contribution in [0.25, 0.3) is 0 Å². The molecule has 0 saturated heterocycles. The average Bonchev–Trinajstić information content (AvgIpc) is 3.08. The minimum Gasteiger partial charge on any atom is -0.352 e. The molecule has 2 aromatic heterocycles. The van der Waals surface area contributed by atoms with E-state index in [1.54, 1.807) is 18.4 Å². The molecule has 0 bridgehead atoms. The second-order valence-electron chi connectivity index (χ2n) is 4.36. The number of thiazole rings is 1. The predicted octanol–water partition coefficient (Wildman–Crippen LogP) is 3.56. The van der Waals surface area contributed by atoms with E-state index in [1.807, 2.05) is 23.8 Å². The van der Waals surface area contributed by atoms with Gasteiger partial charge in [-0.05, 0) is 25.5 Å². The fraction of sp³-hybridized carbons (Fsp3) is 0.429. The van der Waals surface area contributed by atoms with Gasteiger partial charge in [-0.2, -0.15) is 0 Å². The summed E-state index contributed by atoms with van der Waals surface area (Å²) in [4.78, 5) is 12.5. The topological polar surface area (TPSA) is 49.3 Å². The lowest BCUT2D eigenvalue weighted by Crippen LogP contribution is -2.36. The summed E-state index contributed by atoms with van der Waals surface area (Å²) in [5.41, 5.74) is 2.96. The number of hydrogen-bond acceptors (Lipinski definition) is 4. The molecule has 0 saturated carbocycles. The van der Waals surface area contributed by atoms with Crippen LogP contribution in [-0.2, 0) is 19.5 Å². The van der Waals surface area contributed by atoms with E-state index in [4.69, 9.17) is 0 Å². The smallest absolute Gasteiger partial charge is 0.191 e. The zero-order valence-electron chi connectivity index (χ0n) is 12.5. The molecule has 0 spiro atoms. The summed E-state index contributed by atoms with van der Waals surface area (Å²) in [5.74, 6) is 0.823. The summed E-state index contributed by atoms with van der Waals surface area (Å²) in [7, 11) is 1.79. The van der Waals surface area contributed by atoms with E-state index in [-0.39, 0.29) is 24.0 Å². The SMILES string of the molecule is CCc1ccc(CNC(=NC)NCc2scnc2C)s1.I. The lowest BCUT2D eigenvalue weighted by Gasteiger charge is -2.10. The van der Waals surface area contributed by atoms with Crippen LogP contribution in [0.3, 0.4) is 0 Å². The number of nitrogens with zero attached hydrogens (tertiary/aromatic N) is 2. The summed E-state index contributed by atoms with van der Waals surface area (Å²) in [5, 5.41) is 6.66. The molecule has 0 fully saturated rings. The molecule has 116 valence electrons. The van der Waals surface area contributed by atoms with Gasteiger partial charge < -0.3 is 10.6 Å². The first kappa shape index (κ1) is 18.4. The van der Waals surface area contributed by atoms with Gasteiger partial charge in [0.15, 0.2) is 5.96 Å². The van der Waals surface area contributed by atoms with E-state index in [9.17, 15) is 0 Å². The van der Waals surface area contributed by atoms with Crippen LogP contribution in [0.4, 0.5) is 0 Å². The Morgan fingerprint density at radius 2 is 1.95 bits per heavy atom. The van der Waals surface area contributed by atoms with Crippen LogP contribution in [0.1, 0.15) is 27.2 Å². The van der Waals surface area contributed by atoms with Gasteiger partial charge in [0.25, 0.3) is 0 Å². The lowest BCUT2D eigenvalue weighted by molar-refractivity contribution is 0.818. The third kappa shape index (κ3) is 5.55. The van der Waals surface area contributed by atoms with Gasteiger partial charge in [-0.3, -0.25) is 4.99 Å². The minimum absolute atomic E-state index is 0. The van der Waals surface area contributed by atoms with E-state index in [0.717, 1.165) is 31.2 Å². The molecule has 2 heterocycles. The van der Waals surface area contributed by atoms with Crippen LogP contribution in [0, 0.1) is 6.92 Å². The van der Waals surface area contributed by atoms with Gasteiger partial charge in [0.2, 0.25) is 0 Å². The maximum absolute atomic E-state index is 4.25. The molecule has 2 rings (SSSR count). The lowest BCUT2D eigenvalue weighted by atomic mass is 10.3. The van der Waals surface area contributed by atoms with Crippen LogP contribution in [0.2, 0.25) is 0 Å². The minimum atomic E-state index is 0. The molecule has 0 aromatic carbocycles. The molecule has 0 unspecified atom stereocenters. The van der Waals surface area contributed by atoms with Gasteiger partial charge in [0.1, 0.15) is 0 Å². The van der Waals surface area contributed by atoms with E-state index < -0.39 is 0 Å². The Morgan fingerprint density at radius 3 is 2.52 bits per heavy atom. The molecule has 4 nitrogen and oxygen atoms in total. The number of rotatable bonds is 5. The van der Waals surface area contributed by atoms with Crippen molar-refractivity contribution in [2.75, 3.05) is 7.05 Å². The molecule has 0 amide bonds. The van der Waals surface area contributed by atoms with E-state index in [2.05, 4.69) is 39.7 Å². The second kappa shape index (κ2) is 9.37. The molecule has 0 radical (unpaired) electrons. The number of thiophene rings is 1. The highest BCUT2D eigenvalue weighted by atomic mass is 127.